The molecule has 1 aromatic carbocycles. The van der Waals surface area contributed by atoms with Crippen molar-refractivity contribution < 1.29 is 31.5 Å². The minimum absolute atomic E-state index is 0.165. The summed E-state index contributed by atoms with van der Waals surface area (Å²) in [4.78, 5) is 32.6. The number of ether oxygens (including phenoxy) is 1. The van der Waals surface area contributed by atoms with Crippen LogP contribution in [0.15, 0.2) is 42.6 Å². The van der Waals surface area contributed by atoms with Crippen LogP contribution in [0.5, 0.6) is 5.75 Å². The molecular weight excluding hydrogens is 508 g/mol. The van der Waals surface area contributed by atoms with Crippen LogP contribution in [-0.4, -0.2) is 71.0 Å². The summed E-state index contributed by atoms with van der Waals surface area (Å²) in [5.41, 5.74) is 0.213. The second-order valence-corrected chi connectivity index (χ2v) is 11.6. The number of carbonyl (C=O) groups is 2. The van der Waals surface area contributed by atoms with Crippen molar-refractivity contribution in [3.05, 3.63) is 48.2 Å². The van der Waals surface area contributed by atoms with Gasteiger partial charge < -0.3 is 15.0 Å². The lowest BCUT2D eigenvalue weighted by Gasteiger charge is -2.42. The van der Waals surface area contributed by atoms with Gasteiger partial charge in [-0.1, -0.05) is 12.1 Å². The van der Waals surface area contributed by atoms with Crippen LogP contribution in [0.4, 0.5) is 14.6 Å². The van der Waals surface area contributed by atoms with E-state index in [1.54, 1.807) is 30.3 Å². The smallest absolute Gasteiger partial charge is 0.249 e. The number of rotatable bonds is 5. The molecule has 2 aliphatic rings. The second-order valence-electron chi connectivity index (χ2n) is 9.49. The number of nitrogens with zero attached hydrogens (tertiary/aromatic N) is 3. The molecule has 1 saturated carbocycles. The Hall–Kier alpha value is -3.61. The SMILES string of the molecule is COc1ccc(C2(C(=O)N3CS(=O)(=O)C[C@@H]3C(=O)Nc3ccc4[nH]ncc4n3)CCC(F)(F)CC2)cc1. The summed E-state index contributed by atoms with van der Waals surface area (Å²) in [6.45, 7) is 0. The molecule has 1 saturated heterocycles. The zero-order chi connectivity index (χ0) is 26.4. The Morgan fingerprint density at radius 1 is 1.11 bits per heavy atom. The van der Waals surface area contributed by atoms with Crippen molar-refractivity contribution >= 4 is 38.5 Å². The van der Waals surface area contributed by atoms with Gasteiger partial charge in [0.25, 0.3) is 0 Å². The third-order valence-electron chi connectivity index (χ3n) is 7.12. The first kappa shape index (κ1) is 25.1. The fourth-order valence-corrected chi connectivity index (χ4v) is 6.70. The molecule has 3 heterocycles. The molecular formula is C24H25F2N5O5S. The van der Waals surface area contributed by atoms with Gasteiger partial charge in [-0.2, -0.15) is 5.10 Å². The monoisotopic (exact) mass is 533 g/mol. The maximum atomic E-state index is 14.2. The molecule has 0 spiro atoms. The number of benzene rings is 1. The molecule has 0 radical (unpaired) electrons. The van der Waals surface area contributed by atoms with Crippen LogP contribution in [0, 0.1) is 0 Å². The normalized spacial score (nSPS) is 22.0. The van der Waals surface area contributed by atoms with Gasteiger partial charge >= 0.3 is 0 Å². The van der Waals surface area contributed by atoms with Crippen LogP contribution in [0.3, 0.4) is 0 Å². The topological polar surface area (TPSA) is 134 Å². The van der Waals surface area contributed by atoms with Crippen molar-refractivity contribution in [2.45, 2.75) is 43.1 Å². The maximum absolute atomic E-state index is 14.2. The zero-order valence-electron chi connectivity index (χ0n) is 19.9. The van der Waals surface area contributed by atoms with E-state index >= 15 is 0 Å². The van der Waals surface area contributed by atoms with Crippen LogP contribution in [-0.2, 0) is 24.8 Å². The summed E-state index contributed by atoms with van der Waals surface area (Å²) in [5.74, 6) is -4.88. The molecule has 10 nitrogen and oxygen atoms in total. The molecule has 3 aromatic rings. The number of aromatic amines is 1. The molecule has 37 heavy (non-hydrogen) atoms. The Labute approximate surface area is 211 Å². The van der Waals surface area contributed by atoms with E-state index in [2.05, 4.69) is 20.5 Å². The van der Waals surface area contributed by atoms with Crippen LogP contribution in [0.1, 0.15) is 31.2 Å². The summed E-state index contributed by atoms with van der Waals surface area (Å²) in [5, 5.41) is 9.19. The highest BCUT2D eigenvalue weighted by molar-refractivity contribution is 7.91. The number of fused-ring (bicyclic) bond motifs is 1. The van der Waals surface area contributed by atoms with E-state index in [4.69, 9.17) is 4.74 Å². The number of hydrogen-bond donors (Lipinski definition) is 2. The highest BCUT2D eigenvalue weighted by Crippen LogP contribution is 2.47. The number of pyridine rings is 1. The maximum Gasteiger partial charge on any atom is 0.249 e. The fraction of sp³-hybridized carbons (Fsp3) is 0.417. The minimum atomic E-state index is -3.79. The van der Waals surface area contributed by atoms with Crippen molar-refractivity contribution in [3.63, 3.8) is 0 Å². The van der Waals surface area contributed by atoms with Crippen LogP contribution in [0.2, 0.25) is 0 Å². The van der Waals surface area contributed by atoms with Gasteiger partial charge in [-0.25, -0.2) is 22.2 Å². The van der Waals surface area contributed by atoms with Crippen molar-refractivity contribution in [2.24, 2.45) is 0 Å². The van der Waals surface area contributed by atoms with E-state index in [1.807, 2.05) is 0 Å². The number of nitrogens with one attached hydrogen (secondary N) is 2. The highest BCUT2D eigenvalue weighted by Gasteiger charge is 2.54. The van der Waals surface area contributed by atoms with Gasteiger partial charge in [0.15, 0.2) is 9.84 Å². The fourth-order valence-electron chi connectivity index (χ4n) is 5.07. The van der Waals surface area contributed by atoms with Crippen molar-refractivity contribution in [2.75, 3.05) is 24.1 Å². The molecule has 1 atom stereocenters. The van der Waals surface area contributed by atoms with Gasteiger partial charge in [-0.05, 0) is 42.7 Å². The number of amides is 2. The summed E-state index contributed by atoms with van der Waals surface area (Å²) in [6.07, 6.45) is 0.0372. The second kappa shape index (κ2) is 9.05. The largest absolute Gasteiger partial charge is 0.497 e. The first-order valence-corrected chi connectivity index (χ1v) is 13.5. The summed E-state index contributed by atoms with van der Waals surface area (Å²) >= 11 is 0. The third kappa shape index (κ3) is 4.75. The minimum Gasteiger partial charge on any atom is -0.497 e. The van der Waals surface area contributed by atoms with E-state index in [0.717, 1.165) is 4.90 Å². The number of hydrogen-bond acceptors (Lipinski definition) is 7. The lowest BCUT2D eigenvalue weighted by Crippen LogP contribution is -2.54. The molecule has 1 aliphatic heterocycles. The number of halogens is 2. The lowest BCUT2D eigenvalue weighted by atomic mass is 9.67. The highest BCUT2D eigenvalue weighted by atomic mass is 32.2. The quantitative estimate of drug-likeness (QED) is 0.515. The Bertz CT molecular complexity index is 1450. The third-order valence-corrected chi connectivity index (χ3v) is 8.62. The molecule has 2 fully saturated rings. The average molecular weight is 534 g/mol. The van der Waals surface area contributed by atoms with E-state index in [-0.39, 0.29) is 18.7 Å². The predicted molar refractivity (Wildman–Crippen MR) is 130 cm³/mol. The van der Waals surface area contributed by atoms with Gasteiger partial charge in [0.1, 0.15) is 29.0 Å². The summed E-state index contributed by atoms with van der Waals surface area (Å²) < 4.78 is 58.8. The van der Waals surface area contributed by atoms with Crippen LogP contribution in [0.25, 0.3) is 11.0 Å². The molecule has 1 aliphatic carbocycles. The molecule has 2 amide bonds. The number of sulfone groups is 1. The number of carbonyl (C=O) groups excluding carboxylic acids is 2. The van der Waals surface area contributed by atoms with Crippen molar-refractivity contribution in [3.8, 4) is 5.75 Å². The Kier molecular flexibility index (Phi) is 6.13. The number of anilines is 1. The molecule has 196 valence electrons. The molecule has 2 N–H and O–H groups in total. The summed E-state index contributed by atoms with van der Waals surface area (Å²) in [7, 11) is -2.31. The number of aromatic nitrogens is 3. The molecule has 5 rings (SSSR count). The molecule has 2 aromatic heterocycles. The van der Waals surface area contributed by atoms with E-state index in [0.29, 0.717) is 22.3 Å². The number of alkyl halides is 2. The Balaban J connectivity index is 1.47. The number of H-pyrrole nitrogens is 1. The Morgan fingerprint density at radius 2 is 1.81 bits per heavy atom. The van der Waals surface area contributed by atoms with E-state index in [9.17, 15) is 26.8 Å². The average Bonchev–Trinajstić information content (AvgIpc) is 3.47. The van der Waals surface area contributed by atoms with Gasteiger partial charge in [-0.3, -0.25) is 14.7 Å². The first-order chi connectivity index (χ1) is 17.5. The predicted octanol–water partition coefficient (Wildman–Crippen LogP) is 2.64. The van der Waals surface area contributed by atoms with Gasteiger partial charge in [0.05, 0.1) is 30.0 Å². The van der Waals surface area contributed by atoms with Crippen molar-refractivity contribution in [1.82, 2.24) is 20.1 Å². The van der Waals surface area contributed by atoms with Gasteiger partial charge in [0, 0.05) is 12.8 Å². The van der Waals surface area contributed by atoms with Crippen LogP contribution >= 0.6 is 0 Å². The first-order valence-electron chi connectivity index (χ1n) is 11.7. The van der Waals surface area contributed by atoms with Crippen LogP contribution < -0.4 is 10.1 Å². The molecule has 13 heteroatoms. The van der Waals surface area contributed by atoms with Gasteiger partial charge in [0.2, 0.25) is 17.7 Å². The van der Waals surface area contributed by atoms with Crippen molar-refractivity contribution in [1.29, 1.82) is 0 Å². The van der Waals surface area contributed by atoms with E-state index in [1.165, 1.54) is 19.4 Å². The van der Waals surface area contributed by atoms with E-state index < -0.39 is 63.5 Å². The number of methoxy groups -OCH3 is 1. The Morgan fingerprint density at radius 3 is 2.49 bits per heavy atom. The summed E-state index contributed by atoms with van der Waals surface area (Å²) in [6, 6.07) is 8.35. The standard InChI is InChI=1S/C24H25F2N5O5S/c1-36-16-4-2-15(3-5-16)23(8-10-24(25,26)11-9-23)22(33)31-14-37(34,35)13-19(31)21(32)29-20-7-6-17-18(28-20)12-27-30-17/h2-7,12,19H,8-11,13-14H2,1H3,(H,27,30)(H,28,29,32)/t19-/m1/s1. The molecule has 0 bridgehead atoms. The lowest BCUT2D eigenvalue weighted by molar-refractivity contribution is -0.146. The van der Waals surface area contributed by atoms with Gasteiger partial charge in [-0.15, -0.1) is 0 Å². The zero-order valence-corrected chi connectivity index (χ0v) is 20.7. The molecule has 0 unspecified atom stereocenters.